The highest BCUT2D eigenvalue weighted by molar-refractivity contribution is 6.32. The molecule has 1 amide bonds. The first-order chi connectivity index (χ1) is 10.2. The van der Waals surface area contributed by atoms with Gasteiger partial charge in [-0.25, -0.2) is 0 Å². The van der Waals surface area contributed by atoms with Crippen LogP contribution in [0.1, 0.15) is 28.4 Å². The maximum atomic E-state index is 12.1. The number of rotatable bonds is 3. The Hall–Kier alpha value is -2.22. The van der Waals surface area contributed by atoms with Crippen molar-refractivity contribution in [1.82, 2.24) is 0 Å². The maximum Gasteiger partial charge on any atom is 0.260 e. The van der Waals surface area contributed by atoms with Crippen LogP contribution >= 0.6 is 11.6 Å². The molecule has 1 heterocycles. The predicted octanol–water partition coefficient (Wildman–Crippen LogP) is 3.06. The number of amides is 1. The summed E-state index contributed by atoms with van der Waals surface area (Å²) in [6, 6.07) is 7.14. The molecule has 5 heteroatoms. The average molecular weight is 303 g/mol. The summed E-state index contributed by atoms with van der Waals surface area (Å²) < 4.78 is 4.92. The van der Waals surface area contributed by atoms with Gasteiger partial charge in [-0.1, -0.05) is 18.8 Å². The van der Waals surface area contributed by atoms with Gasteiger partial charge in [-0.3, -0.25) is 4.79 Å². The topological polar surface area (TPSA) is 68.3 Å². The molecule has 0 fully saturated rings. The molecule has 2 aromatic rings. The molecular formula is C16H15ClN2O2. The number of nitrogens with two attached hydrogens (primary N) is 1. The van der Waals surface area contributed by atoms with E-state index in [1.165, 1.54) is 12.3 Å². The molecule has 0 spiro atoms. The predicted molar refractivity (Wildman–Crippen MR) is 83.4 cm³/mol. The third-order valence-corrected chi connectivity index (χ3v) is 3.22. The van der Waals surface area contributed by atoms with E-state index in [2.05, 4.69) is 17.2 Å². The number of carbonyl (C=O) groups is 1. The Balaban J connectivity index is 2.24. The second-order valence-corrected chi connectivity index (χ2v) is 4.64. The molecule has 21 heavy (non-hydrogen) atoms. The van der Waals surface area contributed by atoms with Gasteiger partial charge in [0.25, 0.3) is 5.91 Å². The second-order valence-electron chi connectivity index (χ2n) is 4.29. The van der Waals surface area contributed by atoms with Gasteiger partial charge < -0.3 is 15.5 Å². The van der Waals surface area contributed by atoms with Crippen molar-refractivity contribution in [2.75, 3.05) is 11.9 Å². The summed E-state index contributed by atoms with van der Waals surface area (Å²) in [6.07, 6.45) is 2.15. The van der Waals surface area contributed by atoms with Crippen LogP contribution in [0.4, 0.5) is 5.69 Å². The Bertz CT molecular complexity index is 711. The van der Waals surface area contributed by atoms with E-state index in [9.17, 15) is 4.79 Å². The van der Waals surface area contributed by atoms with Crippen LogP contribution in [-0.4, -0.2) is 12.5 Å². The molecular weight excluding hydrogens is 288 g/mol. The molecule has 0 bridgehead atoms. The molecule has 108 valence electrons. The van der Waals surface area contributed by atoms with E-state index in [0.717, 1.165) is 23.2 Å². The van der Waals surface area contributed by atoms with Gasteiger partial charge in [0.1, 0.15) is 0 Å². The van der Waals surface area contributed by atoms with Crippen LogP contribution in [0.3, 0.4) is 0 Å². The van der Waals surface area contributed by atoms with E-state index >= 15 is 0 Å². The van der Waals surface area contributed by atoms with E-state index < -0.39 is 0 Å². The van der Waals surface area contributed by atoms with Crippen molar-refractivity contribution in [2.45, 2.75) is 13.3 Å². The molecule has 0 saturated heterocycles. The number of carbonyl (C=O) groups excluding carboxylic acids is 1. The molecule has 0 aliphatic carbocycles. The number of halogens is 1. The van der Waals surface area contributed by atoms with E-state index in [-0.39, 0.29) is 11.1 Å². The summed E-state index contributed by atoms with van der Waals surface area (Å²) in [4.78, 5) is 12.1. The van der Waals surface area contributed by atoms with Gasteiger partial charge >= 0.3 is 0 Å². The van der Waals surface area contributed by atoms with Gasteiger partial charge in [-0.05, 0) is 47.9 Å². The van der Waals surface area contributed by atoms with E-state index in [4.69, 9.17) is 21.8 Å². The van der Waals surface area contributed by atoms with Crippen molar-refractivity contribution in [2.24, 2.45) is 5.73 Å². The third kappa shape index (κ3) is 3.66. The molecule has 0 radical (unpaired) electrons. The fraction of sp³-hybridized carbons (Fsp3) is 0.188. The number of furan rings is 1. The normalized spacial score (nSPS) is 9.86. The molecule has 1 aromatic carbocycles. The zero-order chi connectivity index (χ0) is 15.2. The van der Waals surface area contributed by atoms with Crippen LogP contribution in [0, 0.1) is 11.8 Å². The number of hydrogen-bond acceptors (Lipinski definition) is 3. The fourth-order valence-electron chi connectivity index (χ4n) is 1.88. The summed E-state index contributed by atoms with van der Waals surface area (Å²) in [5, 5.41) is 2.91. The highest BCUT2D eigenvalue weighted by Crippen LogP contribution is 2.22. The van der Waals surface area contributed by atoms with Crippen LogP contribution in [0.15, 0.2) is 34.9 Å². The zero-order valence-corrected chi connectivity index (χ0v) is 12.3. The SMILES string of the molecule is CCc1cc(C#CCN)ccc1NC(=O)c1ccoc1Cl. The Morgan fingerprint density at radius 3 is 2.86 bits per heavy atom. The molecule has 4 nitrogen and oxygen atoms in total. The van der Waals surface area contributed by atoms with E-state index in [1.54, 1.807) is 0 Å². The molecule has 1 aromatic heterocycles. The van der Waals surface area contributed by atoms with E-state index in [0.29, 0.717) is 12.1 Å². The second kappa shape index (κ2) is 6.98. The van der Waals surface area contributed by atoms with E-state index in [1.807, 2.05) is 25.1 Å². The van der Waals surface area contributed by atoms with Crippen molar-refractivity contribution >= 4 is 23.2 Å². The molecule has 0 unspecified atom stereocenters. The first-order valence-corrected chi connectivity index (χ1v) is 6.89. The summed E-state index contributed by atoms with van der Waals surface area (Å²) >= 11 is 5.80. The van der Waals surface area contributed by atoms with Gasteiger partial charge in [0, 0.05) is 11.3 Å². The van der Waals surface area contributed by atoms with Crippen molar-refractivity contribution < 1.29 is 9.21 Å². The lowest BCUT2D eigenvalue weighted by molar-refractivity contribution is 0.102. The van der Waals surface area contributed by atoms with Gasteiger partial charge in [-0.15, -0.1) is 0 Å². The lowest BCUT2D eigenvalue weighted by Gasteiger charge is -2.10. The first-order valence-electron chi connectivity index (χ1n) is 6.52. The minimum atomic E-state index is -0.302. The first kappa shape index (κ1) is 15.2. The summed E-state index contributed by atoms with van der Waals surface area (Å²) in [6.45, 7) is 2.33. The Labute approximate surface area is 128 Å². The third-order valence-electron chi connectivity index (χ3n) is 2.93. The molecule has 0 saturated carbocycles. The average Bonchev–Trinajstić information content (AvgIpc) is 2.92. The summed E-state index contributed by atoms with van der Waals surface area (Å²) in [5.74, 6) is 5.48. The number of anilines is 1. The van der Waals surface area contributed by atoms with Gasteiger partial charge in [0.15, 0.2) is 0 Å². The van der Waals surface area contributed by atoms with Gasteiger partial charge in [0.2, 0.25) is 5.22 Å². The van der Waals surface area contributed by atoms with Crippen LogP contribution in [0.25, 0.3) is 0 Å². The largest absolute Gasteiger partial charge is 0.452 e. The Kier molecular flexibility index (Phi) is 5.04. The lowest BCUT2D eigenvalue weighted by Crippen LogP contribution is -2.13. The molecule has 3 N–H and O–H groups in total. The standard InChI is InChI=1S/C16H15ClN2O2/c1-2-12-10-11(4-3-8-18)5-6-14(12)19-16(20)13-7-9-21-15(13)17/h5-7,9-10H,2,8,18H2,1H3,(H,19,20). The Morgan fingerprint density at radius 2 is 2.24 bits per heavy atom. The Morgan fingerprint density at radius 1 is 1.43 bits per heavy atom. The molecule has 2 rings (SSSR count). The number of nitrogens with one attached hydrogen (secondary N) is 1. The van der Waals surface area contributed by atoms with Crippen LogP contribution in [-0.2, 0) is 6.42 Å². The molecule has 0 atom stereocenters. The van der Waals surface area contributed by atoms with Gasteiger partial charge in [0.05, 0.1) is 18.4 Å². The highest BCUT2D eigenvalue weighted by Gasteiger charge is 2.14. The lowest BCUT2D eigenvalue weighted by atomic mass is 10.1. The minimum Gasteiger partial charge on any atom is -0.452 e. The summed E-state index contributed by atoms with van der Waals surface area (Å²) in [7, 11) is 0. The minimum absolute atomic E-state index is 0.0796. The maximum absolute atomic E-state index is 12.1. The van der Waals surface area contributed by atoms with Crippen LogP contribution < -0.4 is 11.1 Å². The van der Waals surface area contributed by atoms with Crippen molar-refractivity contribution in [1.29, 1.82) is 0 Å². The number of hydrogen-bond donors (Lipinski definition) is 2. The molecule has 0 aliphatic rings. The number of benzene rings is 1. The smallest absolute Gasteiger partial charge is 0.260 e. The summed E-state index contributed by atoms with van der Waals surface area (Å²) in [5.41, 5.74) is 8.27. The fourth-order valence-corrected chi connectivity index (χ4v) is 2.08. The zero-order valence-electron chi connectivity index (χ0n) is 11.6. The highest BCUT2D eigenvalue weighted by atomic mass is 35.5. The monoisotopic (exact) mass is 302 g/mol. The van der Waals surface area contributed by atoms with Crippen molar-refractivity contribution in [3.63, 3.8) is 0 Å². The number of aryl methyl sites for hydroxylation is 1. The van der Waals surface area contributed by atoms with Crippen LogP contribution in [0.5, 0.6) is 0 Å². The van der Waals surface area contributed by atoms with Crippen molar-refractivity contribution in [3.05, 3.63) is 52.4 Å². The quantitative estimate of drug-likeness (QED) is 0.856. The molecule has 0 aliphatic heterocycles. The van der Waals surface area contributed by atoms with Gasteiger partial charge in [-0.2, -0.15) is 0 Å². The van der Waals surface area contributed by atoms with Crippen molar-refractivity contribution in [3.8, 4) is 11.8 Å². The van der Waals surface area contributed by atoms with Crippen LogP contribution in [0.2, 0.25) is 5.22 Å².